The first-order chi connectivity index (χ1) is 8.70. The predicted molar refractivity (Wildman–Crippen MR) is 70.2 cm³/mol. The number of benzene rings is 1. The van der Waals surface area contributed by atoms with Gasteiger partial charge in [-0.2, -0.15) is 0 Å². The molecule has 0 amide bonds. The van der Waals surface area contributed by atoms with Gasteiger partial charge in [-0.3, -0.25) is 0 Å². The van der Waals surface area contributed by atoms with E-state index in [9.17, 15) is 4.79 Å². The van der Waals surface area contributed by atoms with Gasteiger partial charge in [0.05, 0.1) is 0 Å². The summed E-state index contributed by atoms with van der Waals surface area (Å²) in [6.45, 7) is 0.670. The van der Waals surface area contributed by atoms with Crippen molar-refractivity contribution in [2.45, 2.75) is 18.4 Å². The lowest BCUT2D eigenvalue weighted by molar-refractivity contribution is -0.131. The molecule has 0 saturated carbocycles. The van der Waals surface area contributed by atoms with Gasteiger partial charge in [-0.1, -0.05) is 36.4 Å². The molecule has 0 aromatic heterocycles. The molecule has 1 aromatic carbocycles. The fourth-order valence-electron chi connectivity index (χ4n) is 2.02. The molecule has 1 N–H and O–H groups in total. The van der Waals surface area contributed by atoms with Crippen molar-refractivity contribution >= 4 is 12.0 Å². The molecule has 1 aromatic rings. The van der Waals surface area contributed by atoms with Crippen molar-refractivity contribution in [3.05, 3.63) is 54.1 Å². The Morgan fingerprint density at radius 2 is 2.06 bits per heavy atom. The minimum absolute atomic E-state index is 0.561. The van der Waals surface area contributed by atoms with Gasteiger partial charge < -0.3 is 9.84 Å². The molecule has 1 aliphatic heterocycles. The van der Waals surface area contributed by atoms with Crippen LogP contribution in [0.4, 0.5) is 0 Å². The van der Waals surface area contributed by atoms with Crippen LogP contribution < -0.4 is 0 Å². The highest BCUT2D eigenvalue weighted by Gasteiger charge is 2.29. The summed E-state index contributed by atoms with van der Waals surface area (Å²) < 4.78 is 5.68. The van der Waals surface area contributed by atoms with Crippen LogP contribution in [0.5, 0.6) is 0 Å². The Bertz CT molecular complexity index is 454. The van der Waals surface area contributed by atoms with Crippen molar-refractivity contribution in [2.24, 2.45) is 0 Å². The van der Waals surface area contributed by atoms with Gasteiger partial charge in [0, 0.05) is 12.7 Å². The van der Waals surface area contributed by atoms with Crippen LogP contribution in [-0.4, -0.2) is 23.3 Å². The normalized spacial score (nSPS) is 24.0. The Morgan fingerprint density at radius 3 is 2.67 bits per heavy atom. The fourth-order valence-corrected chi connectivity index (χ4v) is 2.02. The average Bonchev–Trinajstić information content (AvgIpc) is 2.85. The number of carboxylic acid groups (broad SMARTS) is 1. The molecule has 0 bridgehead atoms. The third-order valence-corrected chi connectivity index (χ3v) is 2.95. The standard InChI is InChI=1S/C15H16O3/c16-14(17)8-11-15(9-4-12-18-15)10-7-13-5-2-1-3-6-13/h1-3,5-8,10-11H,4,9,12H2,(H,16,17). The summed E-state index contributed by atoms with van der Waals surface area (Å²) in [6, 6.07) is 9.90. The van der Waals surface area contributed by atoms with Crippen molar-refractivity contribution in [3.8, 4) is 0 Å². The fraction of sp³-hybridized carbons (Fsp3) is 0.267. The second kappa shape index (κ2) is 5.65. The van der Waals surface area contributed by atoms with Crippen LogP contribution in [0, 0.1) is 0 Å². The molecular formula is C15H16O3. The molecule has 0 aliphatic carbocycles. The van der Waals surface area contributed by atoms with E-state index in [0.29, 0.717) is 6.61 Å². The van der Waals surface area contributed by atoms with E-state index < -0.39 is 11.6 Å². The number of carboxylic acids is 1. The lowest BCUT2D eigenvalue weighted by atomic mass is 9.97. The summed E-state index contributed by atoms with van der Waals surface area (Å²) in [5.74, 6) is -0.946. The van der Waals surface area contributed by atoms with E-state index in [2.05, 4.69) is 0 Å². The summed E-state index contributed by atoms with van der Waals surface area (Å²) in [5.41, 5.74) is 0.518. The van der Waals surface area contributed by atoms with Crippen LogP contribution in [0.1, 0.15) is 18.4 Å². The molecule has 94 valence electrons. The van der Waals surface area contributed by atoms with E-state index in [1.54, 1.807) is 6.08 Å². The zero-order chi connectivity index (χ0) is 12.8. The van der Waals surface area contributed by atoms with Crippen LogP contribution >= 0.6 is 0 Å². The third kappa shape index (κ3) is 3.31. The molecule has 18 heavy (non-hydrogen) atoms. The maximum absolute atomic E-state index is 10.6. The molecule has 3 heteroatoms. The van der Waals surface area contributed by atoms with Gasteiger partial charge in [-0.15, -0.1) is 0 Å². The number of ether oxygens (including phenoxy) is 1. The maximum Gasteiger partial charge on any atom is 0.328 e. The van der Waals surface area contributed by atoms with Crippen LogP contribution in [0.15, 0.2) is 48.6 Å². The molecule has 1 aliphatic rings. The van der Waals surface area contributed by atoms with Crippen molar-refractivity contribution in [3.63, 3.8) is 0 Å². The second-order valence-corrected chi connectivity index (χ2v) is 4.32. The molecular weight excluding hydrogens is 228 g/mol. The van der Waals surface area contributed by atoms with Crippen molar-refractivity contribution in [1.82, 2.24) is 0 Å². The third-order valence-electron chi connectivity index (χ3n) is 2.95. The van der Waals surface area contributed by atoms with Gasteiger partial charge in [-0.05, 0) is 30.6 Å². The largest absolute Gasteiger partial charge is 0.478 e. The minimum atomic E-state index is -0.946. The van der Waals surface area contributed by atoms with Gasteiger partial charge in [0.1, 0.15) is 5.60 Å². The second-order valence-electron chi connectivity index (χ2n) is 4.32. The number of aliphatic carboxylic acids is 1. The topological polar surface area (TPSA) is 46.5 Å². The van der Waals surface area contributed by atoms with Gasteiger partial charge in [0.15, 0.2) is 0 Å². The predicted octanol–water partition coefficient (Wildman–Crippen LogP) is 2.89. The summed E-state index contributed by atoms with van der Waals surface area (Å²) in [6.07, 6.45) is 8.46. The minimum Gasteiger partial charge on any atom is -0.478 e. The lowest BCUT2D eigenvalue weighted by Crippen LogP contribution is -2.21. The molecule has 2 rings (SSSR count). The molecule has 1 unspecified atom stereocenters. The summed E-state index contributed by atoms with van der Waals surface area (Å²) in [4.78, 5) is 10.6. The van der Waals surface area contributed by atoms with E-state index in [4.69, 9.17) is 9.84 Å². The summed E-state index contributed by atoms with van der Waals surface area (Å²) in [7, 11) is 0. The van der Waals surface area contributed by atoms with E-state index in [1.807, 2.05) is 42.5 Å². The Kier molecular flexibility index (Phi) is 3.95. The van der Waals surface area contributed by atoms with Gasteiger partial charge >= 0.3 is 5.97 Å². The maximum atomic E-state index is 10.6. The number of hydrogen-bond donors (Lipinski definition) is 1. The van der Waals surface area contributed by atoms with E-state index >= 15 is 0 Å². The highest BCUT2D eigenvalue weighted by atomic mass is 16.5. The van der Waals surface area contributed by atoms with E-state index in [0.717, 1.165) is 24.5 Å². The van der Waals surface area contributed by atoms with Crippen LogP contribution in [0.2, 0.25) is 0 Å². The first-order valence-electron chi connectivity index (χ1n) is 6.01. The molecule has 3 nitrogen and oxygen atoms in total. The van der Waals surface area contributed by atoms with Crippen LogP contribution in [-0.2, 0) is 9.53 Å². The Hall–Kier alpha value is -1.87. The molecule has 1 saturated heterocycles. The number of rotatable bonds is 4. The number of carbonyl (C=O) groups is 1. The first-order valence-corrected chi connectivity index (χ1v) is 6.01. The summed E-state index contributed by atoms with van der Waals surface area (Å²) in [5, 5.41) is 8.71. The smallest absolute Gasteiger partial charge is 0.328 e. The van der Waals surface area contributed by atoms with Crippen molar-refractivity contribution < 1.29 is 14.6 Å². The molecule has 1 heterocycles. The highest BCUT2D eigenvalue weighted by molar-refractivity contribution is 5.80. The zero-order valence-corrected chi connectivity index (χ0v) is 10.1. The molecule has 1 fully saturated rings. The number of hydrogen-bond acceptors (Lipinski definition) is 2. The Labute approximate surface area is 106 Å². The highest BCUT2D eigenvalue weighted by Crippen LogP contribution is 2.29. The molecule has 0 radical (unpaired) electrons. The van der Waals surface area contributed by atoms with Gasteiger partial charge in [0.25, 0.3) is 0 Å². The monoisotopic (exact) mass is 244 g/mol. The Balaban J connectivity index is 2.16. The molecule has 1 atom stereocenters. The Morgan fingerprint density at radius 1 is 1.28 bits per heavy atom. The van der Waals surface area contributed by atoms with Crippen LogP contribution in [0.25, 0.3) is 6.08 Å². The van der Waals surface area contributed by atoms with E-state index in [1.165, 1.54) is 0 Å². The first kappa shape index (κ1) is 12.6. The summed E-state index contributed by atoms with van der Waals surface area (Å²) >= 11 is 0. The zero-order valence-electron chi connectivity index (χ0n) is 10.1. The average molecular weight is 244 g/mol. The lowest BCUT2D eigenvalue weighted by Gasteiger charge is -2.19. The SMILES string of the molecule is O=C(O)C=CC1(C=Cc2ccccc2)CCCO1. The van der Waals surface area contributed by atoms with Crippen molar-refractivity contribution in [1.29, 1.82) is 0 Å². The van der Waals surface area contributed by atoms with Gasteiger partial charge in [0.2, 0.25) is 0 Å². The quantitative estimate of drug-likeness (QED) is 0.828. The van der Waals surface area contributed by atoms with Crippen molar-refractivity contribution in [2.75, 3.05) is 6.61 Å². The van der Waals surface area contributed by atoms with Crippen LogP contribution in [0.3, 0.4) is 0 Å². The van der Waals surface area contributed by atoms with E-state index in [-0.39, 0.29) is 0 Å². The molecule has 0 spiro atoms. The van der Waals surface area contributed by atoms with Gasteiger partial charge in [-0.25, -0.2) is 4.79 Å².